The van der Waals surface area contributed by atoms with Crippen molar-refractivity contribution >= 4 is 23.1 Å². The van der Waals surface area contributed by atoms with E-state index >= 15 is 0 Å². The summed E-state index contributed by atoms with van der Waals surface area (Å²) in [5.41, 5.74) is -0.527. The summed E-state index contributed by atoms with van der Waals surface area (Å²) in [6.45, 7) is 4.71. The Kier molecular flexibility index (Phi) is 5.42. The van der Waals surface area contributed by atoms with Gasteiger partial charge in [-0.25, -0.2) is 0 Å². The molecule has 0 aromatic heterocycles. The maximum atomic E-state index is 12.9. The third-order valence-corrected chi connectivity index (χ3v) is 3.64. The lowest BCUT2D eigenvalue weighted by atomic mass is 10.2. The Labute approximate surface area is 119 Å². The molecule has 0 saturated carbocycles. The summed E-state index contributed by atoms with van der Waals surface area (Å²) in [6, 6.07) is 8.55. The van der Waals surface area contributed by atoms with Gasteiger partial charge in [0.05, 0.1) is 0 Å². The van der Waals surface area contributed by atoms with Crippen LogP contribution in [0.4, 0.5) is 13.2 Å². The van der Waals surface area contributed by atoms with Gasteiger partial charge in [-0.1, -0.05) is 40.8 Å². The van der Waals surface area contributed by atoms with E-state index in [1.54, 1.807) is 51.1 Å². The van der Waals surface area contributed by atoms with Crippen molar-refractivity contribution in [2.24, 2.45) is 4.40 Å². The van der Waals surface area contributed by atoms with Gasteiger partial charge < -0.3 is 4.55 Å². The van der Waals surface area contributed by atoms with Crippen LogP contribution < -0.4 is 0 Å². The summed E-state index contributed by atoms with van der Waals surface area (Å²) in [6.07, 6.45) is -2.49. The number of alkyl halides is 3. The molecule has 6 heteroatoms. The number of allylic oxidation sites excluding steroid dienone is 1. The van der Waals surface area contributed by atoms with Crippen LogP contribution in [0.2, 0.25) is 0 Å². The van der Waals surface area contributed by atoms with Gasteiger partial charge >= 0.3 is 6.18 Å². The second-order valence-corrected chi connectivity index (χ2v) is 6.99. The molecule has 1 rings (SSSR count). The maximum absolute atomic E-state index is 12.9. The minimum absolute atomic E-state index is 0.617. The van der Waals surface area contributed by atoms with Crippen molar-refractivity contribution in [1.82, 2.24) is 0 Å². The number of nitrogens with zero attached hydrogens (tertiary/aromatic N) is 1. The second kappa shape index (κ2) is 6.45. The van der Waals surface area contributed by atoms with E-state index in [2.05, 4.69) is 4.40 Å². The SMILES string of the molecule is CC(C)(C)[S@@+]([O-])/N=C(/C=C\c1ccccc1)C(F)(F)F. The van der Waals surface area contributed by atoms with Gasteiger partial charge in [0, 0.05) is 0 Å². The molecule has 0 spiro atoms. The molecule has 0 aliphatic rings. The third-order valence-electron chi connectivity index (χ3n) is 2.23. The van der Waals surface area contributed by atoms with Crippen molar-refractivity contribution < 1.29 is 17.7 Å². The van der Waals surface area contributed by atoms with Crippen LogP contribution in [0.3, 0.4) is 0 Å². The Hall–Kier alpha value is -1.27. The molecule has 2 nitrogen and oxygen atoms in total. The highest BCUT2D eigenvalue weighted by Crippen LogP contribution is 2.24. The Morgan fingerprint density at radius 3 is 2.15 bits per heavy atom. The van der Waals surface area contributed by atoms with Gasteiger partial charge in [-0.05, 0) is 32.4 Å². The minimum atomic E-state index is -4.63. The molecule has 0 amide bonds. The predicted octanol–water partition coefficient (Wildman–Crippen LogP) is 4.17. The Balaban J connectivity index is 3.04. The van der Waals surface area contributed by atoms with E-state index in [1.165, 1.54) is 6.08 Å². The van der Waals surface area contributed by atoms with E-state index in [0.717, 1.165) is 6.08 Å². The molecule has 110 valence electrons. The zero-order valence-electron chi connectivity index (χ0n) is 11.4. The van der Waals surface area contributed by atoms with E-state index in [1.807, 2.05) is 0 Å². The van der Waals surface area contributed by atoms with Crippen LogP contribution in [0.5, 0.6) is 0 Å². The van der Waals surface area contributed by atoms with Gasteiger partial charge in [0.25, 0.3) is 0 Å². The second-order valence-electron chi connectivity index (χ2n) is 5.08. The zero-order chi connectivity index (χ0) is 15.4. The zero-order valence-corrected chi connectivity index (χ0v) is 12.3. The topological polar surface area (TPSA) is 35.4 Å². The van der Waals surface area contributed by atoms with Crippen LogP contribution >= 0.6 is 0 Å². The monoisotopic (exact) mass is 303 g/mol. The summed E-state index contributed by atoms with van der Waals surface area (Å²) >= 11 is -1.96. The fourth-order valence-corrected chi connectivity index (χ4v) is 1.76. The summed E-state index contributed by atoms with van der Waals surface area (Å²) in [5.74, 6) is 0. The Morgan fingerprint density at radius 1 is 1.15 bits per heavy atom. The van der Waals surface area contributed by atoms with Gasteiger partial charge in [-0.15, -0.1) is 0 Å². The standard InChI is InChI=1S/C14H16F3NOS/c1-13(2,3)20(19)18-12(14(15,16)17)10-9-11-7-5-4-6-8-11/h4-10H,1-3H3/b10-9-,18-12-/t20-/m1/s1. The molecule has 1 aromatic rings. The summed E-state index contributed by atoms with van der Waals surface area (Å²) in [7, 11) is 0. The third kappa shape index (κ3) is 5.38. The van der Waals surface area contributed by atoms with Gasteiger partial charge in [-0.2, -0.15) is 13.2 Å². The number of hydrogen-bond acceptors (Lipinski definition) is 2. The van der Waals surface area contributed by atoms with Gasteiger partial charge in [-0.3, -0.25) is 0 Å². The van der Waals surface area contributed by atoms with E-state index in [4.69, 9.17) is 0 Å². The highest BCUT2D eigenvalue weighted by molar-refractivity contribution is 7.91. The number of halogens is 3. The van der Waals surface area contributed by atoms with E-state index < -0.39 is 28.0 Å². The molecular weight excluding hydrogens is 287 g/mol. The van der Waals surface area contributed by atoms with Crippen molar-refractivity contribution in [2.45, 2.75) is 31.7 Å². The van der Waals surface area contributed by atoms with Crippen LogP contribution in [-0.2, 0) is 11.4 Å². The lowest BCUT2D eigenvalue weighted by Gasteiger charge is -2.19. The number of benzene rings is 1. The molecule has 0 aliphatic heterocycles. The average Bonchev–Trinajstić information content (AvgIpc) is 2.32. The molecule has 0 saturated heterocycles. The summed E-state index contributed by atoms with van der Waals surface area (Å²) < 4.78 is 52.8. The summed E-state index contributed by atoms with van der Waals surface area (Å²) in [4.78, 5) is 0. The first-order valence-corrected chi connectivity index (χ1v) is 7.02. The molecule has 1 aromatic carbocycles. The molecule has 0 bridgehead atoms. The Bertz CT molecular complexity index is 489. The molecule has 0 unspecified atom stereocenters. The molecule has 20 heavy (non-hydrogen) atoms. The van der Waals surface area contributed by atoms with Crippen LogP contribution in [-0.4, -0.2) is 21.2 Å². The number of rotatable bonds is 3. The van der Waals surface area contributed by atoms with Gasteiger partial charge in [0.1, 0.15) is 16.1 Å². The van der Waals surface area contributed by atoms with E-state index in [9.17, 15) is 17.7 Å². The first-order chi connectivity index (χ1) is 9.10. The van der Waals surface area contributed by atoms with Gasteiger partial charge in [0.15, 0.2) is 5.71 Å². The van der Waals surface area contributed by atoms with Crippen molar-refractivity contribution in [3.8, 4) is 0 Å². The van der Waals surface area contributed by atoms with Crippen LogP contribution in [0, 0.1) is 0 Å². The Morgan fingerprint density at radius 2 is 1.70 bits per heavy atom. The van der Waals surface area contributed by atoms with E-state index in [-0.39, 0.29) is 0 Å². The lowest BCUT2D eigenvalue weighted by Crippen LogP contribution is -2.30. The van der Waals surface area contributed by atoms with Crippen molar-refractivity contribution in [3.05, 3.63) is 42.0 Å². The summed E-state index contributed by atoms with van der Waals surface area (Å²) in [5, 5.41) is 0. The van der Waals surface area contributed by atoms with Crippen molar-refractivity contribution in [2.75, 3.05) is 0 Å². The highest BCUT2D eigenvalue weighted by Gasteiger charge is 2.38. The fraction of sp³-hybridized carbons (Fsp3) is 0.357. The predicted molar refractivity (Wildman–Crippen MR) is 76.9 cm³/mol. The van der Waals surface area contributed by atoms with Crippen LogP contribution in [0.25, 0.3) is 6.08 Å². The molecular formula is C14H16F3NOS. The van der Waals surface area contributed by atoms with Crippen LogP contribution in [0.1, 0.15) is 26.3 Å². The molecule has 0 aliphatic carbocycles. The van der Waals surface area contributed by atoms with E-state index in [0.29, 0.717) is 5.56 Å². The first-order valence-electron chi connectivity index (χ1n) is 5.92. The molecule has 0 fully saturated rings. The average molecular weight is 303 g/mol. The first kappa shape index (κ1) is 16.8. The maximum Gasteiger partial charge on any atom is 0.437 e. The lowest BCUT2D eigenvalue weighted by molar-refractivity contribution is -0.0574. The minimum Gasteiger partial charge on any atom is -0.591 e. The fourth-order valence-electron chi connectivity index (χ4n) is 1.14. The largest absolute Gasteiger partial charge is 0.591 e. The van der Waals surface area contributed by atoms with Crippen molar-refractivity contribution in [1.29, 1.82) is 0 Å². The molecule has 0 N–H and O–H groups in total. The molecule has 1 atom stereocenters. The normalized spacial score (nSPS) is 15.7. The van der Waals surface area contributed by atoms with Gasteiger partial charge in [0.2, 0.25) is 0 Å². The van der Waals surface area contributed by atoms with Crippen LogP contribution in [0.15, 0.2) is 40.8 Å². The number of hydrogen-bond donors (Lipinski definition) is 0. The smallest absolute Gasteiger partial charge is 0.437 e. The molecule has 0 heterocycles. The van der Waals surface area contributed by atoms with Crippen molar-refractivity contribution in [3.63, 3.8) is 0 Å². The molecule has 0 radical (unpaired) electrons. The highest BCUT2D eigenvalue weighted by atomic mass is 32.2. The quantitative estimate of drug-likeness (QED) is 0.610.